The van der Waals surface area contributed by atoms with Crippen LogP contribution >= 0.6 is 0 Å². The first-order chi connectivity index (χ1) is 17.8. The Kier molecular flexibility index (Phi) is 6.98. The first kappa shape index (κ1) is 27.9. The third-order valence-electron chi connectivity index (χ3n) is 13.6. The van der Waals surface area contributed by atoms with Crippen LogP contribution in [0.15, 0.2) is 36.4 Å². The van der Waals surface area contributed by atoms with Crippen molar-refractivity contribution in [3.05, 3.63) is 42.0 Å². The Morgan fingerprint density at radius 3 is 2.29 bits per heavy atom. The second-order valence-electron chi connectivity index (χ2n) is 15.3. The molecule has 4 fully saturated rings. The molecule has 0 bridgehead atoms. The molecule has 0 aliphatic heterocycles. The highest BCUT2D eigenvalue weighted by molar-refractivity contribution is 5.87. The molecule has 4 saturated carbocycles. The average Bonchev–Trinajstić information content (AvgIpc) is 2.88. The van der Waals surface area contributed by atoms with Crippen LogP contribution in [0.1, 0.15) is 105 Å². The van der Waals surface area contributed by atoms with Gasteiger partial charge in [0, 0.05) is 18.1 Å². The minimum absolute atomic E-state index is 0.0373. The van der Waals surface area contributed by atoms with E-state index in [4.69, 9.17) is 4.74 Å². The summed E-state index contributed by atoms with van der Waals surface area (Å²) in [6, 6.07) is 9.97. The maximum absolute atomic E-state index is 12.9. The van der Waals surface area contributed by atoms with Gasteiger partial charge in [-0.25, -0.2) is 4.79 Å². The van der Waals surface area contributed by atoms with E-state index in [0.29, 0.717) is 41.1 Å². The number of benzene rings is 1. The average molecular weight is 521 g/mol. The van der Waals surface area contributed by atoms with E-state index in [2.05, 4.69) is 48.5 Å². The van der Waals surface area contributed by atoms with Crippen molar-refractivity contribution in [1.29, 1.82) is 0 Å². The largest absolute Gasteiger partial charge is 0.459 e. The summed E-state index contributed by atoms with van der Waals surface area (Å²) >= 11 is 0. The second kappa shape index (κ2) is 9.50. The van der Waals surface area contributed by atoms with Gasteiger partial charge in [0.05, 0.1) is 0 Å². The standard InChI is InChI=1S/C35H52O3/c1-24-26-14-15-28-33(5)19-18-29(38-30(37)16-13-25-11-9-8-10-12-25)31(2,3)27(33)17-20-35(28,7)34(26,6)22-21-32(24,4)23-36/h8-13,16,24,26-29,36H,14-15,17-23H2,1-7H3/b16-13+/t24?,26-,27+,28-,29+,32-,33+,34-,35-/m1/s1. The molecule has 0 saturated heterocycles. The van der Waals surface area contributed by atoms with Crippen molar-refractivity contribution < 1.29 is 14.6 Å². The Morgan fingerprint density at radius 1 is 0.895 bits per heavy atom. The van der Waals surface area contributed by atoms with Crippen molar-refractivity contribution in [3.63, 3.8) is 0 Å². The molecular weight excluding hydrogens is 468 g/mol. The smallest absolute Gasteiger partial charge is 0.331 e. The van der Waals surface area contributed by atoms with E-state index < -0.39 is 0 Å². The highest BCUT2D eigenvalue weighted by Crippen LogP contribution is 2.75. The molecule has 0 amide bonds. The molecule has 9 atom stereocenters. The van der Waals surface area contributed by atoms with Crippen molar-refractivity contribution in [2.45, 2.75) is 106 Å². The van der Waals surface area contributed by atoms with Gasteiger partial charge in [-0.1, -0.05) is 78.8 Å². The van der Waals surface area contributed by atoms with Crippen LogP contribution in [0.3, 0.4) is 0 Å². The lowest BCUT2D eigenvalue weighted by Crippen LogP contribution is -2.66. The van der Waals surface area contributed by atoms with Gasteiger partial charge in [-0.2, -0.15) is 0 Å². The normalized spacial score (nSPS) is 46.1. The highest BCUT2D eigenvalue weighted by atomic mass is 16.5. The number of carbonyl (C=O) groups is 1. The molecular formula is C35H52O3. The molecule has 0 aromatic heterocycles. The predicted molar refractivity (Wildman–Crippen MR) is 155 cm³/mol. The summed E-state index contributed by atoms with van der Waals surface area (Å²) in [5.74, 6) is 2.30. The fourth-order valence-electron chi connectivity index (χ4n) is 10.8. The molecule has 210 valence electrons. The summed E-state index contributed by atoms with van der Waals surface area (Å²) in [5, 5.41) is 10.3. The molecule has 1 unspecified atom stereocenters. The minimum atomic E-state index is -0.215. The summed E-state index contributed by atoms with van der Waals surface area (Å²) in [4.78, 5) is 12.9. The fraction of sp³-hybridized carbons (Fsp3) is 0.743. The lowest BCUT2D eigenvalue weighted by molar-refractivity contribution is -0.249. The van der Waals surface area contributed by atoms with Gasteiger partial charge < -0.3 is 9.84 Å². The van der Waals surface area contributed by atoms with Gasteiger partial charge in [0.15, 0.2) is 0 Å². The molecule has 4 aliphatic rings. The van der Waals surface area contributed by atoms with E-state index in [1.165, 1.54) is 32.1 Å². The number of rotatable bonds is 4. The quantitative estimate of drug-likeness (QED) is 0.321. The number of carbonyl (C=O) groups excluding carboxylic acids is 1. The molecule has 4 aliphatic carbocycles. The van der Waals surface area contributed by atoms with Crippen LogP contribution in [0, 0.1) is 50.7 Å². The van der Waals surface area contributed by atoms with Gasteiger partial charge in [0.1, 0.15) is 6.10 Å². The van der Waals surface area contributed by atoms with Crippen LogP contribution in [0.2, 0.25) is 0 Å². The number of ether oxygens (including phenoxy) is 1. The Hall–Kier alpha value is -1.61. The van der Waals surface area contributed by atoms with Crippen molar-refractivity contribution in [1.82, 2.24) is 0 Å². The zero-order chi connectivity index (χ0) is 27.6. The summed E-state index contributed by atoms with van der Waals surface area (Å²) in [6.45, 7) is 17.7. The van der Waals surface area contributed by atoms with Crippen molar-refractivity contribution in [3.8, 4) is 0 Å². The molecule has 38 heavy (non-hydrogen) atoms. The molecule has 1 aromatic carbocycles. The Morgan fingerprint density at radius 2 is 1.61 bits per heavy atom. The van der Waals surface area contributed by atoms with Crippen LogP contribution in [0.25, 0.3) is 6.08 Å². The topological polar surface area (TPSA) is 46.5 Å². The maximum Gasteiger partial charge on any atom is 0.331 e. The Labute approximate surface area is 231 Å². The third kappa shape index (κ3) is 4.04. The molecule has 0 radical (unpaired) electrons. The third-order valence-corrected chi connectivity index (χ3v) is 13.6. The monoisotopic (exact) mass is 520 g/mol. The molecule has 3 heteroatoms. The minimum Gasteiger partial charge on any atom is -0.459 e. The molecule has 3 nitrogen and oxygen atoms in total. The SMILES string of the molecule is CC1[C@H]2CC[C@@H]3[C@@]4(C)CC[C@H](OC(=O)/C=C/c5ccccc5)C(C)(C)[C@@H]4CC[C@@]3(C)[C@]2(C)CC[C@]1(C)CO. The van der Waals surface area contributed by atoms with Crippen LogP contribution in [-0.4, -0.2) is 23.8 Å². The van der Waals surface area contributed by atoms with E-state index in [1.807, 2.05) is 36.4 Å². The van der Waals surface area contributed by atoms with E-state index in [-0.39, 0.29) is 28.3 Å². The van der Waals surface area contributed by atoms with Gasteiger partial charge in [-0.15, -0.1) is 0 Å². The highest BCUT2D eigenvalue weighted by Gasteiger charge is 2.69. The lowest BCUT2D eigenvalue weighted by atomic mass is 9.32. The number of esters is 1. The summed E-state index contributed by atoms with van der Waals surface area (Å²) in [6.07, 6.45) is 13.0. The number of fused-ring (bicyclic) bond motifs is 5. The molecule has 1 N–H and O–H groups in total. The van der Waals surface area contributed by atoms with Crippen molar-refractivity contribution in [2.24, 2.45) is 50.7 Å². The lowest BCUT2D eigenvalue weighted by Gasteiger charge is -2.72. The number of aliphatic hydroxyl groups excluding tert-OH is 1. The summed E-state index contributed by atoms with van der Waals surface area (Å²) in [5.41, 5.74) is 1.96. The van der Waals surface area contributed by atoms with Gasteiger partial charge in [0.2, 0.25) is 0 Å². The number of hydrogen-bond donors (Lipinski definition) is 1. The zero-order valence-corrected chi connectivity index (χ0v) is 25.1. The Bertz CT molecular complexity index is 1060. The first-order valence-electron chi connectivity index (χ1n) is 15.4. The van der Waals surface area contributed by atoms with Gasteiger partial charge in [-0.3, -0.25) is 0 Å². The molecule has 0 heterocycles. The fourth-order valence-corrected chi connectivity index (χ4v) is 10.8. The van der Waals surface area contributed by atoms with Crippen LogP contribution in [0.4, 0.5) is 0 Å². The first-order valence-corrected chi connectivity index (χ1v) is 15.4. The Balaban J connectivity index is 1.36. The van der Waals surface area contributed by atoms with E-state index in [1.54, 1.807) is 6.08 Å². The molecule has 5 rings (SSSR count). The van der Waals surface area contributed by atoms with Crippen molar-refractivity contribution >= 4 is 12.0 Å². The van der Waals surface area contributed by atoms with Gasteiger partial charge in [0.25, 0.3) is 0 Å². The van der Waals surface area contributed by atoms with Gasteiger partial charge in [-0.05, 0) is 108 Å². The van der Waals surface area contributed by atoms with E-state index >= 15 is 0 Å². The van der Waals surface area contributed by atoms with Crippen molar-refractivity contribution in [2.75, 3.05) is 6.61 Å². The number of aliphatic hydroxyl groups is 1. The van der Waals surface area contributed by atoms with Crippen LogP contribution in [0.5, 0.6) is 0 Å². The van der Waals surface area contributed by atoms with E-state index in [9.17, 15) is 9.90 Å². The molecule has 0 spiro atoms. The van der Waals surface area contributed by atoms with E-state index in [0.717, 1.165) is 24.8 Å². The van der Waals surface area contributed by atoms with Gasteiger partial charge >= 0.3 is 5.97 Å². The predicted octanol–water partition coefficient (Wildman–Crippen LogP) is 8.32. The maximum atomic E-state index is 12.9. The summed E-state index contributed by atoms with van der Waals surface area (Å²) in [7, 11) is 0. The van der Waals surface area contributed by atoms with Crippen LogP contribution in [-0.2, 0) is 9.53 Å². The van der Waals surface area contributed by atoms with Crippen LogP contribution < -0.4 is 0 Å². The summed E-state index contributed by atoms with van der Waals surface area (Å²) < 4.78 is 6.19. The zero-order valence-electron chi connectivity index (χ0n) is 25.1. The second-order valence-corrected chi connectivity index (χ2v) is 15.3. The number of hydrogen-bond acceptors (Lipinski definition) is 3. The molecule has 1 aromatic rings.